The van der Waals surface area contributed by atoms with Crippen molar-refractivity contribution in [3.63, 3.8) is 0 Å². The molecule has 1 fully saturated rings. The second-order valence-electron chi connectivity index (χ2n) is 8.98. The number of carboxylic acids is 1. The summed E-state index contributed by atoms with van der Waals surface area (Å²) in [6.07, 6.45) is 0.531. The lowest BCUT2D eigenvalue weighted by Crippen LogP contribution is -2.48. The van der Waals surface area contributed by atoms with E-state index in [-0.39, 0.29) is 30.9 Å². The van der Waals surface area contributed by atoms with Gasteiger partial charge in [-0.25, -0.2) is 4.79 Å². The minimum Gasteiger partial charge on any atom is -0.481 e. The van der Waals surface area contributed by atoms with Crippen LogP contribution in [0.3, 0.4) is 0 Å². The summed E-state index contributed by atoms with van der Waals surface area (Å²) in [5.74, 6) is -1.90. The van der Waals surface area contributed by atoms with Crippen LogP contribution in [-0.2, 0) is 14.3 Å². The molecular formula is C26H30N2O5. The molecule has 1 aliphatic carbocycles. The van der Waals surface area contributed by atoms with Gasteiger partial charge in [-0.3, -0.25) is 9.59 Å². The number of nitrogens with one attached hydrogen (secondary N) is 1. The predicted molar refractivity (Wildman–Crippen MR) is 124 cm³/mol. The lowest BCUT2D eigenvalue weighted by Gasteiger charge is -2.24. The third kappa shape index (κ3) is 4.58. The number of carbonyl (C=O) groups excluding carboxylic acids is 2. The highest BCUT2D eigenvalue weighted by molar-refractivity contribution is 5.87. The molecule has 2 aromatic carbocycles. The number of carbonyl (C=O) groups is 3. The zero-order valence-electron chi connectivity index (χ0n) is 19.0. The fourth-order valence-corrected chi connectivity index (χ4v) is 5.02. The van der Waals surface area contributed by atoms with E-state index in [1.165, 1.54) is 0 Å². The molecule has 0 bridgehead atoms. The topological polar surface area (TPSA) is 95.9 Å². The van der Waals surface area contributed by atoms with E-state index in [1.807, 2.05) is 38.1 Å². The Labute approximate surface area is 193 Å². The molecule has 1 saturated heterocycles. The van der Waals surface area contributed by atoms with E-state index in [2.05, 4.69) is 29.6 Å². The second-order valence-corrected chi connectivity index (χ2v) is 8.98. The first-order chi connectivity index (χ1) is 15.9. The van der Waals surface area contributed by atoms with Crippen LogP contribution < -0.4 is 5.32 Å². The van der Waals surface area contributed by atoms with Crippen molar-refractivity contribution in [1.29, 1.82) is 0 Å². The molecule has 7 nitrogen and oxygen atoms in total. The van der Waals surface area contributed by atoms with Gasteiger partial charge in [-0.2, -0.15) is 0 Å². The van der Waals surface area contributed by atoms with Crippen LogP contribution in [0.15, 0.2) is 48.5 Å². The highest BCUT2D eigenvalue weighted by Gasteiger charge is 2.39. The predicted octanol–water partition coefficient (Wildman–Crippen LogP) is 3.87. The van der Waals surface area contributed by atoms with Crippen LogP contribution in [0.25, 0.3) is 11.1 Å². The molecule has 1 aliphatic heterocycles. The molecule has 2 aromatic rings. The van der Waals surface area contributed by atoms with Crippen molar-refractivity contribution < 1.29 is 24.2 Å². The van der Waals surface area contributed by atoms with Crippen molar-refractivity contribution in [2.24, 2.45) is 11.8 Å². The average Bonchev–Trinajstić information content (AvgIpc) is 3.35. The van der Waals surface area contributed by atoms with Gasteiger partial charge in [0.2, 0.25) is 5.91 Å². The van der Waals surface area contributed by atoms with Gasteiger partial charge in [0.1, 0.15) is 12.6 Å². The number of alkyl carbamates (subject to hydrolysis) is 1. The largest absolute Gasteiger partial charge is 0.481 e. The highest BCUT2D eigenvalue weighted by atomic mass is 16.5. The van der Waals surface area contributed by atoms with Gasteiger partial charge in [-0.1, -0.05) is 68.8 Å². The van der Waals surface area contributed by atoms with Crippen LogP contribution in [0.1, 0.15) is 43.7 Å². The molecule has 0 saturated carbocycles. The van der Waals surface area contributed by atoms with Gasteiger partial charge in [0, 0.05) is 19.0 Å². The van der Waals surface area contributed by atoms with E-state index in [1.54, 1.807) is 4.90 Å². The van der Waals surface area contributed by atoms with Crippen LogP contribution >= 0.6 is 0 Å². The van der Waals surface area contributed by atoms with Crippen molar-refractivity contribution in [2.75, 3.05) is 19.7 Å². The summed E-state index contributed by atoms with van der Waals surface area (Å²) in [4.78, 5) is 38.7. The van der Waals surface area contributed by atoms with Gasteiger partial charge in [0.15, 0.2) is 0 Å². The molecule has 0 unspecified atom stereocenters. The number of carboxylic acid groups (broad SMARTS) is 1. The number of amides is 2. The van der Waals surface area contributed by atoms with Gasteiger partial charge in [-0.05, 0) is 34.6 Å². The van der Waals surface area contributed by atoms with E-state index >= 15 is 0 Å². The van der Waals surface area contributed by atoms with Crippen LogP contribution in [-0.4, -0.2) is 53.7 Å². The molecule has 2 amide bonds. The Morgan fingerprint density at radius 3 is 2.21 bits per heavy atom. The summed E-state index contributed by atoms with van der Waals surface area (Å²) in [6.45, 7) is 4.49. The second kappa shape index (κ2) is 9.65. The van der Waals surface area contributed by atoms with Crippen molar-refractivity contribution in [1.82, 2.24) is 10.2 Å². The molecule has 3 atom stereocenters. The van der Waals surface area contributed by atoms with Crippen molar-refractivity contribution in [3.8, 4) is 11.1 Å². The third-order valence-corrected chi connectivity index (χ3v) is 6.75. The van der Waals surface area contributed by atoms with E-state index < -0.39 is 24.0 Å². The number of hydrogen-bond donors (Lipinski definition) is 2. The van der Waals surface area contributed by atoms with Crippen LogP contribution in [0, 0.1) is 11.8 Å². The zero-order valence-corrected chi connectivity index (χ0v) is 19.0. The van der Waals surface area contributed by atoms with Crippen molar-refractivity contribution in [2.45, 2.75) is 38.6 Å². The molecule has 1 heterocycles. The maximum atomic E-state index is 13.0. The maximum absolute atomic E-state index is 13.0. The lowest BCUT2D eigenvalue weighted by molar-refractivity contribution is -0.142. The number of ether oxygens (including phenoxy) is 1. The lowest BCUT2D eigenvalue weighted by atomic mass is 9.98. The minimum absolute atomic E-state index is 0.0563. The molecular weight excluding hydrogens is 420 g/mol. The summed E-state index contributed by atoms with van der Waals surface area (Å²) in [7, 11) is 0. The van der Waals surface area contributed by atoms with E-state index in [4.69, 9.17) is 4.74 Å². The van der Waals surface area contributed by atoms with Crippen LogP contribution in [0.2, 0.25) is 0 Å². The zero-order chi connectivity index (χ0) is 23.5. The Bertz CT molecular complexity index is 1010. The number of benzene rings is 2. The number of nitrogens with zero attached hydrogens (tertiary/aromatic N) is 1. The fourth-order valence-electron chi connectivity index (χ4n) is 5.02. The van der Waals surface area contributed by atoms with Crippen molar-refractivity contribution in [3.05, 3.63) is 59.7 Å². The summed E-state index contributed by atoms with van der Waals surface area (Å²) >= 11 is 0. The molecule has 0 aromatic heterocycles. The highest BCUT2D eigenvalue weighted by Crippen LogP contribution is 2.44. The Kier molecular flexibility index (Phi) is 6.67. The number of rotatable bonds is 7. The van der Waals surface area contributed by atoms with Gasteiger partial charge >= 0.3 is 12.1 Å². The molecule has 174 valence electrons. The summed E-state index contributed by atoms with van der Waals surface area (Å²) < 4.78 is 5.59. The molecule has 4 rings (SSSR count). The Morgan fingerprint density at radius 2 is 1.67 bits per heavy atom. The maximum Gasteiger partial charge on any atom is 0.407 e. The number of fused-ring (bicyclic) bond motifs is 3. The van der Waals surface area contributed by atoms with Crippen molar-refractivity contribution >= 4 is 18.0 Å². The monoisotopic (exact) mass is 450 g/mol. The molecule has 0 spiro atoms. The quantitative estimate of drug-likeness (QED) is 0.668. The Balaban J connectivity index is 1.40. The normalized spacial score (nSPS) is 20.1. The van der Waals surface area contributed by atoms with E-state index in [0.717, 1.165) is 22.3 Å². The number of hydrogen-bond acceptors (Lipinski definition) is 4. The Hall–Kier alpha value is -3.35. The minimum atomic E-state index is -0.894. The molecule has 2 aliphatic rings. The fraction of sp³-hybridized carbons (Fsp3) is 0.423. The van der Waals surface area contributed by atoms with Crippen LogP contribution in [0.5, 0.6) is 0 Å². The first-order valence-corrected chi connectivity index (χ1v) is 11.5. The van der Waals surface area contributed by atoms with E-state index in [9.17, 15) is 19.5 Å². The first-order valence-electron chi connectivity index (χ1n) is 11.5. The first kappa shape index (κ1) is 22.8. The summed E-state index contributed by atoms with van der Waals surface area (Å²) in [5.41, 5.74) is 4.55. The molecule has 7 heteroatoms. The van der Waals surface area contributed by atoms with Gasteiger partial charge < -0.3 is 20.1 Å². The summed E-state index contributed by atoms with van der Waals surface area (Å²) in [5, 5.41) is 12.1. The molecule has 33 heavy (non-hydrogen) atoms. The average molecular weight is 451 g/mol. The number of aliphatic carboxylic acids is 1. The molecule has 0 radical (unpaired) electrons. The third-order valence-electron chi connectivity index (χ3n) is 6.75. The smallest absolute Gasteiger partial charge is 0.407 e. The van der Waals surface area contributed by atoms with E-state index in [0.29, 0.717) is 19.4 Å². The SMILES string of the molecule is CCC[C@@H](NC(=O)OCC1c2ccccc2-c2ccccc21)C(=O)N1C[C@@H](C)[C@H](C(=O)O)C1. The van der Waals surface area contributed by atoms with Gasteiger partial charge in [-0.15, -0.1) is 0 Å². The number of likely N-dealkylation sites (tertiary alicyclic amines) is 1. The summed E-state index contributed by atoms with van der Waals surface area (Å²) in [6, 6.07) is 15.5. The van der Waals surface area contributed by atoms with Gasteiger partial charge in [0.25, 0.3) is 0 Å². The standard InChI is InChI=1S/C26H30N2O5/c1-3-8-23(24(29)28-13-16(2)21(14-28)25(30)31)27-26(32)33-15-22-19-11-6-4-9-17(19)18-10-5-7-12-20(18)22/h4-7,9-12,16,21-23H,3,8,13-15H2,1-2H3,(H,27,32)(H,30,31)/t16-,21-,23-/m1/s1. The Morgan fingerprint density at radius 1 is 1.06 bits per heavy atom. The van der Waals surface area contributed by atoms with Crippen LogP contribution in [0.4, 0.5) is 4.79 Å². The molecule has 2 N–H and O–H groups in total. The van der Waals surface area contributed by atoms with Gasteiger partial charge in [0.05, 0.1) is 5.92 Å².